The van der Waals surface area contributed by atoms with E-state index < -0.39 is 0 Å². The van der Waals surface area contributed by atoms with E-state index in [1.54, 1.807) is 13.3 Å². The Kier molecular flexibility index (Phi) is 5.05. The number of ether oxygens (including phenoxy) is 1. The fourth-order valence-corrected chi connectivity index (χ4v) is 3.96. The van der Waals surface area contributed by atoms with Gasteiger partial charge in [-0.05, 0) is 38.7 Å². The molecule has 0 radical (unpaired) electrons. The van der Waals surface area contributed by atoms with Gasteiger partial charge in [0, 0.05) is 36.1 Å². The molecule has 2 heterocycles. The zero-order valence-corrected chi connectivity index (χ0v) is 14.1. The molecule has 0 saturated carbocycles. The van der Waals surface area contributed by atoms with E-state index in [0.717, 1.165) is 24.4 Å². The van der Waals surface area contributed by atoms with Crippen molar-refractivity contribution >= 4 is 11.3 Å². The number of hydrogen-bond acceptors (Lipinski definition) is 5. The molecule has 0 saturated heterocycles. The van der Waals surface area contributed by atoms with Crippen LogP contribution in [0.5, 0.6) is 5.75 Å². The molecule has 1 aliphatic rings. The van der Waals surface area contributed by atoms with Crippen molar-refractivity contribution in [3.05, 3.63) is 39.6 Å². The van der Waals surface area contributed by atoms with E-state index in [2.05, 4.69) is 17.2 Å². The van der Waals surface area contributed by atoms with Crippen molar-refractivity contribution in [1.29, 1.82) is 0 Å². The van der Waals surface area contributed by atoms with Crippen LogP contribution in [0.15, 0.2) is 18.3 Å². The van der Waals surface area contributed by atoms with E-state index in [1.165, 1.54) is 41.3 Å². The van der Waals surface area contributed by atoms with E-state index >= 15 is 0 Å². The molecule has 5 heteroatoms. The minimum absolute atomic E-state index is 0.213. The summed E-state index contributed by atoms with van der Waals surface area (Å²) in [6.07, 6.45) is 7.81. The number of nitrogens with zero attached hydrogens (tertiary/aromatic N) is 2. The lowest BCUT2D eigenvalue weighted by atomic mass is 10.0. The molecule has 4 nitrogen and oxygen atoms in total. The molecule has 0 fully saturated rings. The number of nitrogens with one attached hydrogen (secondary N) is 1. The second-order valence-electron chi connectivity index (χ2n) is 5.73. The summed E-state index contributed by atoms with van der Waals surface area (Å²) >= 11 is 1.90. The van der Waals surface area contributed by atoms with Crippen LogP contribution in [0.4, 0.5) is 0 Å². The van der Waals surface area contributed by atoms with Gasteiger partial charge in [0.2, 0.25) is 0 Å². The number of aryl methyl sites for hydroxylation is 2. The van der Waals surface area contributed by atoms with E-state index in [4.69, 9.17) is 9.72 Å². The first kappa shape index (κ1) is 15.4. The number of thiazole rings is 1. The van der Waals surface area contributed by atoms with Gasteiger partial charge in [-0.1, -0.05) is 0 Å². The van der Waals surface area contributed by atoms with Gasteiger partial charge in [-0.15, -0.1) is 11.3 Å². The van der Waals surface area contributed by atoms with Crippen LogP contribution >= 0.6 is 11.3 Å². The summed E-state index contributed by atoms with van der Waals surface area (Å²) in [6, 6.07) is 4.07. The lowest BCUT2D eigenvalue weighted by Gasteiger charge is -2.13. The number of rotatable bonds is 6. The molecule has 2 aromatic heterocycles. The van der Waals surface area contributed by atoms with Gasteiger partial charge in [0.1, 0.15) is 5.75 Å². The predicted octanol–water partition coefficient (Wildman–Crippen LogP) is 3.32. The SMILES string of the molecule is COc1ccnc(C(C)NCCc2nc3c(s2)CCCC3)c1. The molecule has 3 rings (SSSR count). The zero-order chi connectivity index (χ0) is 15.4. The van der Waals surface area contributed by atoms with Gasteiger partial charge < -0.3 is 10.1 Å². The molecule has 0 aromatic carbocycles. The van der Waals surface area contributed by atoms with Crippen LogP contribution in [0.25, 0.3) is 0 Å². The number of fused-ring (bicyclic) bond motifs is 1. The molecule has 1 aliphatic carbocycles. The number of hydrogen-bond donors (Lipinski definition) is 1. The second-order valence-corrected chi connectivity index (χ2v) is 6.90. The summed E-state index contributed by atoms with van der Waals surface area (Å²) < 4.78 is 5.25. The fraction of sp³-hybridized carbons (Fsp3) is 0.529. The highest BCUT2D eigenvalue weighted by Gasteiger charge is 2.15. The predicted molar refractivity (Wildman–Crippen MR) is 89.7 cm³/mol. The second kappa shape index (κ2) is 7.20. The monoisotopic (exact) mass is 317 g/mol. The Hall–Kier alpha value is -1.46. The summed E-state index contributed by atoms with van der Waals surface area (Å²) in [5, 5.41) is 4.80. The molecule has 1 atom stereocenters. The quantitative estimate of drug-likeness (QED) is 0.888. The average Bonchev–Trinajstić information content (AvgIpc) is 2.97. The standard InChI is InChI=1S/C17H23N3OS/c1-12(15-11-13(21-2)7-9-19-15)18-10-8-17-20-14-5-3-4-6-16(14)22-17/h7,9,11-12,18H,3-6,8,10H2,1-2H3. The summed E-state index contributed by atoms with van der Waals surface area (Å²) in [5.41, 5.74) is 2.37. The van der Waals surface area contributed by atoms with Crippen LogP contribution in [-0.2, 0) is 19.3 Å². The third kappa shape index (κ3) is 3.65. The van der Waals surface area contributed by atoms with Gasteiger partial charge in [-0.25, -0.2) is 4.98 Å². The first-order valence-electron chi connectivity index (χ1n) is 7.97. The summed E-state index contributed by atoms with van der Waals surface area (Å²) in [7, 11) is 1.68. The largest absolute Gasteiger partial charge is 0.497 e. The Labute approximate surface area is 136 Å². The molecule has 2 aromatic rings. The van der Waals surface area contributed by atoms with Gasteiger partial charge >= 0.3 is 0 Å². The van der Waals surface area contributed by atoms with E-state index in [-0.39, 0.29) is 6.04 Å². The van der Waals surface area contributed by atoms with E-state index in [0.29, 0.717) is 0 Å². The van der Waals surface area contributed by atoms with Gasteiger partial charge in [0.15, 0.2) is 0 Å². The smallest absolute Gasteiger partial charge is 0.122 e. The minimum Gasteiger partial charge on any atom is -0.497 e. The molecule has 0 spiro atoms. The molecule has 0 amide bonds. The first-order chi connectivity index (χ1) is 10.8. The van der Waals surface area contributed by atoms with Crippen molar-refractivity contribution in [1.82, 2.24) is 15.3 Å². The lowest BCUT2D eigenvalue weighted by molar-refractivity contribution is 0.412. The van der Waals surface area contributed by atoms with Crippen LogP contribution < -0.4 is 10.1 Å². The Morgan fingerprint density at radius 1 is 1.36 bits per heavy atom. The molecule has 1 unspecified atom stereocenters. The Morgan fingerprint density at radius 3 is 3.05 bits per heavy atom. The highest BCUT2D eigenvalue weighted by atomic mass is 32.1. The van der Waals surface area contributed by atoms with Crippen LogP contribution in [0.1, 0.15) is 47.1 Å². The number of methoxy groups -OCH3 is 1. The van der Waals surface area contributed by atoms with Crippen LogP contribution in [0.2, 0.25) is 0 Å². The molecular formula is C17H23N3OS. The van der Waals surface area contributed by atoms with E-state index in [9.17, 15) is 0 Å². The third-order valence-corrected chi connectivity index (χ3v) is 5.33. The first-order valence-corrected chi connectivity index (χ1v) is 8.78. The molecule has 1 N–H and O–H groups in total. The number of pyridine rings is 1. The maximum Gasteiger partial charge on any atom is 0.122 e. The Bertz CT molecular complexity index is 603. The van der Waals surface area contributed by atoms with Crippen LogP contribution in [-0.4, -0.2) is 23.6 Å². The van der Waals surface area contributed by atoms with Crippen molar-refractivity contribution in [3.63, 3.8) is 0 Å². The highest BCUT2D eigenvalue weighted by Crippen LogP contribution is 2.26. The Balaban J connectivity index is 1.52. The normalized spacial score (nSPS) is 15.4. The van der Waals surface area contributed by atoms with Crippen molar-refractivity contribution < 1.29 is 4.74 Å². The van der Waals surface area contributed by atoms with Crippen LogP contribution in [0, 0.1) is 0 Å². The summed E-state index contributed by atoms with van der Waals surface area (Å²) in [6.45, 7) is 3.06. The number of aromatic nitrogens is 2. The Morgan fingerprint density at radius 2 is 2.23 bits per heavy atom. The molecule has 0 aliphatic heterocycles. The maximum absolute atomic E-state index is 5.25. The molecular weight excluding hydrogens is 294 g/mol. The average molecular weight is 317 g/mol. The third-order valence-electron chi connectivity index (χ3n) is 4.11. The van der Waals surface area contributed by atoms with Crippen molar-refractivity contribution in [2.75, 3.05) is 13.7 Å². The van der Waals surface area contributed by atoms with Crippen LogP contribution in [0.3, 0.4) is 0 Å². The summed E-state index contributed by atoms with van der Waals surface area (Å²) in [4.78, 5) is 10.7. The van der Waals surface area contributed by atoms with Crippen molar-refractivity contribution in [3.8, 4) is 5.75 Å². The van der Waals surface area contributed by atoms with Gasteiger partial charge in [0.05, 0.1) is 23.5 Å². The van der Waals surface area contributed by atoms with Crippen molar-refractivity contribution in [2.24, 2.45) is 0 Å². The van der Waals surface area contributed by atoms with Gasteiger partial charge in [0.25, 0.3) is 0 Å². The van der Waals surface area contributed by atoms with Gasteiger partial charge in [-0.2, -0.15) is 0 Å². The minimum atomic E-state index is 0.213. The van der Waals surface area contributed by atoms with Gasteiger partial charge in [-0.3, -0.25) is 4.98 Å². The topological polar surface area (TPSA) is 47.0 Å². The lowest BCUT2D eigenvalue weighted by Crippen LogP contribution is -2.22. The molecule has 0 bridgehead atoms. The maximum atomic E-state index is 5.25. The molecule has 118 valence electrons. The fourth-order valence-electron chi connectivity index (χ4n) is 2.80. The van der Waals surface area contributed by atoms with Crippen molar-refractivity contribution in [2.45, 2.75) is 45.1 Å². The highest BCUT2D eigenvalue weighted by molar-refractivity contribution is 7.11. The summed E-state index contributed by atoms with van der Waals surface area (Å²) in [5.74, 6) is 0.853. The van der Waals surface area contributed by atoms with E-state index in [1.807, 2.05) is 23.5 Å². The molecule has 22 heavy (non-hydrogen) atoms. The zero-order valence-electron chi connectivity index (χ0n) is 13.3.